The number of carbonyl (C=O) groups is 1. The molecular weight excluding hydrogens is 278 g/mol. The zero-order valence-corrected chi connectivity index (χ0v) is 12.0. The van der Waals surface area contributed by atoms with Gasteiger partial charge in [-0.15, -0.1) is 0 Å². The Hall–Kier alpha value is -1.85. The van der Waals surface area contributed by atoms with Crippen molar-refractivity contribution in [3.63, 3.8) is 0 Å². The molecule has 0 fully saturated rings. The van der Waals surface area contributed by atoms with Crippen molar-refractivity contribution >= 4 is 17.5 Å². The van der Waals surface area contributed by atoms with Crippen molar-refractivity contribution < 1.29 is 9.90 Å². The Labute approximate surface area is 122 Å². The SMILES string of the molecule is Cc1[nH]c(-c2cccc(Cl)c2)nc1C(=O)NCC(C)O. The van der Waals surface area contributed by atoms with Crippen LogP contribution < -0.4 is 5.32 Å². The highest BCUT2D eigenvalue weighted by Gasteiger charge is 2.15. The lowest BCUT2D eigenvalue weighted by atomic mass is 10.2. The fraction of sp³-hybridized carbons (Fsp3) is 0.286. The van der Waals surface area contributed by atoms with Gasteiger partial charge in [0.05, 0.1) is 6.10 Å². The maximum absolute atomic E-state index is 12.0. The summed E-state index contributed by atoms with van der Waals surface area (Å²) in [5.41, 5.74) is 1.80. The Morgan fingerprint density at radius 1 is 1.55 bits per heavy atom. The van der Waals surface area contributed by atoms with Gasteiger partial charge in [-0.3, -0.25) is 4.79 Å². The zero-order valence-electron chi connectivity index (χ0n) is 11.3. The fourth-order valence-electron chi connectivity index (χ4n) is 1.78. The summed E-state index contributed by atoms with van der Waals surface area (Å²) in [5.74, 6) is 0.278. The highest BCUT2D eigenvalue weighted by Crippen LogP contribution is 2.21. The molecule has 1 heterocycles. The van der Waals surface area contributed by atoms with Crippen LogP contribution in [0.5, 0.6) is 0 Å². The minimum atomic E-state index is -0.592. The van der Waals surface area contributed by atoms with Crippen LogP contribution in [0, 0.1) is 6.92 Å². The van der Waals surface area contributed by atoms with Gasteiger partial charge in [-0.1, -0.05) is 23.7 Å². The van der Waals surface area contributed by atoms with Crippen molar-refractivity contribution in [2.24, 2.45) is 0 Å². The average Bonchev–Trinajstić information content (AvgIpc) is 2.78. The van der Waals surface area contributed by atoms with Gasteiger partial charge in [-0.2, -0.15) is 0 Å². The summed E-state index contributed by atoms with van der Waals surface area (Å²) in [6.07, 6.45) is -0.592. The number of hydrogen-bond donors (Lipinski definition) is 3. The number of aromatic nitrogens is 2. The first-order valence-corrected chi connectivity index (χ1v) is 6.64. The second-order valence-electron chi connectivity index (χ2n) is 4.63. The van der Waals surface area contributed by atoms with Crippen LogP contribution in [0.4, 0.5) is 0 Å². The predicted octanol–water partition coefficient (Wildman–Crippen LogP) is 2.15. The molecule has 1 amide bonds. The Morgan fingerprint density at radius 2 is 2.30 bits per heavy atom. The first-order chi connectivity index (χ1) is 9.47. The van der Waals surface area contributed by atoms with E-state index in [0.717, 1.165) is 5.56 Å². The van der Waals surface area contributed by atoms with E-state index in [-0.39, 0.29) is 12.5 Å². The van der Waals surface area contributed by atoms with E-state index in [2.05, 4.69) is 15.3 Å². The third-order valence-corrected chi connectivity index (χ3v) is 2.99. The number of nitrogens with one attached hydrogen (secondary N) is 2. The van der Waals surface area contributed by atoms with E-state index in [4.69, 9.17) is 11.6 Å². The summed E-state index contributed by atoms with van der Waals surface area (Å²) < 4.78 is 0. The standard InChI is InChI=1S/C14H16ClN3O2/c1-8(19)7-16-14(20)12-9(2)17-13(18-12)10-4-3-5-11(15)6-10/h3-6,8,19H,7H2,1-2H3,(H,16,20)(H,17,18). The van der Waals surface area contributed by atoms with E-state index in [0.29, 0.717) is 22.2 Å². The normalized spacial score (nSPS) is 12.2. The molecule has 3 N–H and O–H groups in total. The number of aromatic amines is 1. The Kier molecular flexibility index (Phi) is 4.42. The predicted molar refractivity (Wildman–Crippen MR) is 77.8 cm³/mol. The minimum Gasteiger partial charge on any atom is -0.392 e. The lowest BCUT2D eigenvalue weighted by molar-refractivity contribution is 0.0919. The van der Waals surface area contributed by atoms with Crippen LogP contribution in [-0.4, -0.2) is 33.6 Å². The molecule has 1 atom stereocenters. The Bertz CT molecular complexity index is 623. The van der Waals surface area contributed by atoms with Gasteiger partial charge in [-0.05, 0) is 26.0 Å². The minimum absolute atomic E-state index is 0.192. The topological polar surface area (TPSA) is 78.0 Å². The van der Waals surface area contributed by atoms with E-state index < -0.39 is 6.10 Å². The monoisotopic (exact) mass is 293 g/mol. The number of aryl methyl sites for hydroxylation is 1. The summed E-state index contributed by atoms with van der Waals surface area (Å²) in [7, 11) is 0. The fourth-order valence-corrected chi connectivity index (χ4v) is 1.97. The summed E-state index contributed by atoms with van der Waals surface area (Å²) in [6.45, 7) is 3.57. The van der Waals surface area contributed by atoms with E-state index in [1.807, 2.05) is 12.1 Å². The van der Waals surface area contributed by atoms with Crippen molar-refractivity contribution in [3.05, 3.63) is 40.7 Å². The molecule has 2 rings (SSSR count). The van der Waals surface area contributed by atoms with Crippen LogP contribution in [-0.2, 0) is 0 Å². The number of hydrogen-bond acceptors (Lipinski definition) is 3. The summed E-state index contributed by atoms with van der Waals surface area (Å²) >= 11 is 5.94. The number of aliphatic hydroxyl groups excluding tert-OH is 1. The van der Waals surface area contributed by atoms with Crippen molar-refractivity contribution in [3.8, 4) is 11.4 Å². The second kappa shape index (κ2) is 6.07. The maximum Gasteiger partial charge on any atom is 0.271 e. The number of carbonyl (C=O) groups excluding carboxylic acids is 1. The number of aliphatic hydroxyl groups is 1. The second-order valence-corrected chi connectivity index (χ2v) is 5.06. The molecule has 6 heteroatoms. The molecule has 5 nitrogen and oxygen atoms in total. The lowest BCUT2D eigenvalue weighted by Crippen LogP contribution is -2.31. The molecule has 0 saturated carbocycles. The maximum atomic E-state index is 12.0. The molecule has 0 aliphatic rings. The van der Waals surface area contributed by atoms with Crippen LogP contribution >= 0.6 is 11.6 Å². The summed E-state index contributed by atoms with van der Waals surface area (Å²) in [5, 5.41) is 12.4. The van der Waals surface area contributed by atoms with Gasteiger partial charge in [0, 0.05) is 22.8 Å². The molecule has 0 aliphatic carbocycles. The number of H-pyrrole nitrogens is 1. The van der Waals surface area contributed by atoms with E-state index >= 15 is 0 Å². The molecule has 0 spiro atoms. The molecule has 106 valence electrons. The van der Waals surface area contributed by atoms with Gasteiger partial charge >= 0.3 is 0 Å². The largest absolute Gasteiger partial charge is 0.392 e. The van der Waals surface area contributed by atoms with Crippen LogP contribution in [0.3, 0.4) is 0 Å². The first kappa shape index (κ1) is 14.6. The Morgan fingerprint density at radius 3 is 2.95 bits per heavy atom. The van der Waals surface area contributed by atoms with Gasteiger partial charge in [0.1, 0.15) is 11.5 Å². The van der Waals surface area contributed by atoms with Crippen molar-refractivity contribution in [2.45, 2.75) is 20.0 Å². The van der Waals surface area contributed by atoms with Crippen molar-refractivity contribution in [2.75, 3.05) is 6.54 Å². The van der Waals surface area contributed by atoms with Gasteiger partial charge in [0.15, 0.2) is 0 Å². The summed E-state index contributed by atoms with van der Waals surface area (Å²) in [6, 6.07) is 7.23. The molecular formula is C14H16ClN3O2. The van der Waals surface area contributed by atoms with Gasteiger partial charge in [0.2, 0.25) is 0 Å². The molecule has 2 aromatic rings. The van der Waals surface area contributed by atoms with E-state index in [1.54, 1.807) is 26.0 Å². The number of nitrogens with zero attached hydrogens (tertiary/aromatic N) is 1. The molecule has 0 aliphatic heterocycles. The number of amides is 1. The van der Waals surface area contributed by atoms with E-state index in [9.17, 15) is 9.90 Å². The van der Waals surface area contributed by atoms with Gasteiger partial charge in [-0.25, -0.2) is 4.98 Å². The molecule has 20 heavy (non-hydrogen) atoms. The molecule has 1 aromatic carbocycles. The number of rotatable bonds is 4. The van der Waals surface area contributed by atoms with Crippen molar-refractivity contribution in [1.29, 1.82) is 0 Å². The highest BCUT2D eigenvalue weighted by molar-refractivity contribution is 6.30. The van der Waals surface area contributed by atoms with Crippen LogP contribution in [0.25, 0.3) is 11.4 Å². The van der Waals surface area contributed by atoms with Gasteiger partial charge in [0.25, 0.3) is 5.91 Å². The average molecular weight is 294 g/mol. The zero-order chi connectivity index (χ0) is 14.7. The molecule has 0 saturated heterocycles. The van der Waals surface area contributed by atoms with E-state index in [1.165, 1.54) is 0 Å². The number of benzene rings is 1. The first-order valence-electron chi connectivity index (χ1n) is 6.26. The highest BCUT2D eigenvalue weighted by atomic mass is 35.5. The third-order valence-electron chi connectivity index (χ3n) is 2.76. The van der Waals surface area contributed by atoms with Crippen LogP contribution in [0.2, 0.25) is 5.02 Å². The molecule has 0 bridgehead atoms. The van der Waals surface area contributed by atoms with Gasteiger partial charge < -0.3 is 15.4 Å². The molecule has 1 aromatic heterocycles. The third kappa shape index (κ3) is 3.37. The molecule has 1 unspecified atom stereocenters. The van der Waals surface area contributed by atoms with Crippen LogP contribution in [0.15, 0.2) is 24.3 Å². The quantitative estimate of drug-likeness (QED) is 0.808. The number of imidazole rings is 1. The van der Waals surface area contributed by atoms with Crippen molar-refractivity contribution in [1.82, 2.24) is 15.3 Å². The molecule has 0 radical (unpaired) electrons. The Balaban J connectivity index is 2.23. The van der Waals surface area contributed by atoms with Crippen LogP contribution in [0.1, 0.15) is 23.1 Å². The smallest absolute Gasteiger partial charge is 0.271 e. The number of halogens is 1. The lowest BCUT2D eigenvalue weighted by Gasteiger charge is -2.05. The summed E-state index contributed by atoms with van der Waals surface area (Å²) in [4.78, 5) is 19.3.